The number of aliphatic hydroxyl groups is 1. The number of aliphatic hydroxyl groups excluding tert-OH is 1. The fourth-order valence-corrected chi connectivity index (χ4v) is 1.16. The van der Waals surface area contributed by atoms with Crippen LogP contribution in [0.25, 0.3) is 0 Å². The van der Waals surface area contributed by atoms with Crippen molar-refractivity contribution < 1.29 is 5.11 Å². The molecule has 0 aliphatic carbocycles. The number of benzene rings is 1. The topological polar surface area (TPSA) is 58.6 Å². The van der Waals surface area contributed by atoms with Crippen molar-refractivity contribution in [1.82, 2.24) is 0 Å². The molecular formula is C11H13ClN2O. The first-order chi connectivity index (χ1) is 7.00. The molecule has 3 N–H and O–H groups in total. The van der Waals surface area contributed by atoms with Gasteiger partial charge in [0.25, 0.3) is 0 Å². The second kappa shape index (κ2) is 4.96. The second-order valence-electron chi connectivity index (χ2n) is 3.18. The van der Waals surface area contributed by atoms with Crippen LogP contribution in [-0.2, 0) is 0 Å². The number of halogens is 1. The minimum atomic E-state index is -0.701. The number of aliphatic imine (C=N–C) groups is 1. The van der Waals surface area contributed by atoms with Crippen LogP contribution in [-0.4, -0.2) is 17.0 Å². The van der Waals surface area contributed by atoms with Gasteiger partial charge in [0, 0.05) is 10.6 Å². The Morgan fingerprint density at radius 3 is 2.80 bits per heavy atom. The van der Waals surface area contributed by atoms with E-state index in [2.05, 4.69) is 11.6 Å². The van der Waals surface area contributed by atoms with Crippen LogP contribution < -0.4 is 5.73 Å². The second-order valence-corrected chi connectivity index (χ2v) is 3.61. The van der Waals surface area contributed by atoms with E-state index in [9.17, 15) is 5.11 Å². The minimum Gasteiger partial charge on any atom is -0.389 e. The molecule has 1 unspecified atom stereocenters. The van der Waals surface area contributed by atoms with Gasteiger partial charge in [0.15, 0.2) is 0 Å². The summed E-state index contributed by atoms with van der Waals surface area (Å²) in [5.41, 5.74) is 6.69. The summed E-state index contributed by atoms with van der Waals surface area (Å²) in [5, 5.41) is 9.83. The molecule has 1 rings (SSSR count). The van der Waals surface area contributed by atoms with E-state index in [0.717, 1.165) is 0 Å². The summed E-state index contributed by atoms with van der Waals surface area (Å²) >= 11 is 5.79. The van der Waals surface area contributed by atoms with E-state index in [1.54, 1.807) is 31.2 Å². The average molecular weight is 225 g/mol. The fraction of sp³-hybridized carbons (Fsp3) is 0.182. The number of hydrogen-bond acceptors (Lipinski definition) is 2. The van der Waals surface area contributed by atoms with E-state index in [4.69, 9.17) is 17.3 Å². The summed E-state index contributed by atoms with van der Waals surface area (Å²) in [7, 11) is 0. The molecule has 1 aromatic rings. The van der Waals surface area contributed by atoms with Crippen LogP contribution >= 0.6 is 11.6 Å². The van der Waals surface area contributed by atoms with Gasteiger partial charge in [-0.1, -0.05) is 24.2 Å². The third kappa shape index (κ3) is 3.38. The quantitative estimate of drug-likeness (QED) is 0.611. The summed E-state index contributed by atoms with van der Waals surface area (Å²) in [4.78, 5) is 4.09. The van der Waals surface area contributed by atoms with Crippen LogP contribution in [0.4, 0.5) is 5.69 Å². The molecule has 4 heteroatoms. The summed E-state index contributed by atoms with van der Waals surface area (Å²) in [6.45, 7) is 5.22. The first-order valence-corrected chi connectivity index (χ1v) is 4.85. The maximum absolute atomic E-state index is 9.24. The standard InChI is InChI=1S/C11H13ClN2O/c1-7(8(2)15)11(13)14-10-5-3-4-9(12)6-10/h3-6,8,15H,1H2,2H3,(H2,13,14). The molecule has 15 heavy (non-hydrogen) atoms. The highest BCUT2D eigenvalue weighted by atomic mass is 35.5. The molecule has 0 amide bonds. The van der Waals surface area contributed by atoms with E-state index in [-0.39, 0.29) is 5.84 Å². The van der Waals surface area contributed by atoms with Crippen LogP contribution in [0.5, 0.6) is 0 Å². The molecule has 80 valence electrons. The van der Waals surface area contributed by atoms with Crippen molar-refractivity contribution in [3.05, 3.63) is 41.4 Å². The lowest BCUT2D eigenvalue weighted by molar-refractivity contribution is 0.238. The van der Waals surface area contributed by atoms with Gasteiger partial charge in [-0.2, -0.15) is 0 Å². The monoisotopic (exact) mass is 224 g/mol. The SMILES string of the molecule is C=C(C(N)=Nc1cccc(Cl)c1)C(C)O. The van der Waals surface area contributed by atoms with Gasteiger partial charge in [-0.15, -0.1) is 0 Å². The Morgan fingerprint density at radius 2 is 2.27 bits per heavy atom. The fourth-order valence-electron chi connectivity index (χ4n) is 0.971. The summed E-state index contributed by atoms with van der Waals surface area (Å²) in [5.74, 6) is 0.215. The van der Waals surface area contributed by atoms with Crippen LogP contribution in [0.1, 0.15) is 6.92 Å². The Morgan fingerprint density at radius 1 is 1.60 bits per heavy atom. The summed E-state index contributed by atoms with van der Waals surface area (Å²) < 4.78 is 0. The van der Waals surface area contributed by atoms with Crippen molar-refractivity contribution >= 4 is 23.1 Å². The normalized spacial score (nSPS) is 13.7. The Hall–Kier alpha value is -1.32. The van der Waals surface area contributed by atoms with Crippen molar-refractivity contribution in [1.29, 1.82) is 0 Å². The largest absolute Gasteiger partial charge is 0.389 e. The highest BCUT2D eigenvalue weighted by Crippen LogP contribution is 2.18. The minimum absolute atomic E-state index is 0.215. The zero-order valence-corrected chi connectivity index (χ0v) is 9.20. The van der Waals surface area contributed by atoms with Crippen LogP contribution in [0.2, 0.25) is 5.02 Å². The number of nitrogens with zero attached hydrogens (tertiary/aromatic N) is 1. The highest BCUT2D eigenvalue weighted by Gasteiger charge is 2.06. The Bertz CT molecular complexity index is 399. The molecule has 0 saturated heterocycles. The van der Waals surface area contributed by atoms with Gasteiger partial charge >= 0.3 is 0 Å². The van der Waals surface area contributed by atoms with Crippen molar-refractivity contribution in [3.8, 4) is 0 Å². The highest BCUT2D eigenvalue weighted by molar-refractivity contribution is 6.30. The third-order valence-electron chi connectivity index (χ3n) is 1.89. The molecule has 0 saturated carbocycles. The Labute approximate surface area is 93.9 Å². The molecule has 0 heterocycles. The predicted octanol–water partition coefficient (Wildman–Crippen LogP) is 2.27. The van der Waals surface area contributed by atoms with Gasteiger partial charge in [-0.3, -0.25) is 0 Å². The van der Waals surface area contributed by atoms with Crippen molar-refractivity contribution in [3.63, 3.8) is 0 Å². The van der Waals surface area contributed by atoms with E-state index in [1.165, 1.54) is 0 Å². The smallest absolute Gasteiger partial charge is 0.129 e. The van der Waals surface area contributed by atoms with Crippen LogP contribution in [0.3, 0.4) is 0 Å². The molecular weight excluding hydrogens is 212 g/mol. The zero-order valence-electron chi connectivity index (χ0n) is 8.44. The number of hydrogen-bond donors (Lipinski definition) is 2. The average Bonchev–Trinajstić information content (AvgIpc) is 2.16. The maximum Gasteiger partial charge on any atom is 0.129 e. The van der Waals surface area contributed by atoms with Crippen molar-refractivity contribution in [2.24, 2.45) is 10.7 Å². The molecule has 0 aliphatic rings. The summed E-state index contributed by atoms with van der Waals surface area (Å²) in [6.07, 6.45) is -0.701. The van der Waals surface area contributed by atoms with Crippen molar-refractivity contribution in [2.45, 2.75) is 13.0 Å². The van der Waals surface area contributed by atoms with Gasteiger partial charge in [0.1, 0.15) is 5.84 Å². The Balaban J connectivity index is 2.92. The van der Waals surface area contributed by atoms with Gasteiger partial charge in [-0.05, 0) is 25.1 Å². The van der Waals surface area contributed by atoms with Crippen molar-refractivity contribution in [2.75, 3.05) is 0 Å². The number of nitrogens with two attached hydrogens (primary N) is 1. The molecule has 1 aromatic carbocycles. The number of amidine groups is 1. The van der Waals surface area contributed by atoms with Crippen LogP contribution in [0.15, 0.2) is 41.4 Å². The molecule has 1 atom stereocenters. The predicted molar refractivity (Wildman–Crippen MR) is 63.6 cm³/mol. The molecule has 0 fully saturated rings. The van der Waals surface area contributed by atoms with E-state index < -0.39 is 6.10 Å². The van der Waals surface area contributed by atoms with Gasteiger partial charge in [0.2, 0.25) is 0 Å². The molecule has 0 bridgehead atoms. The van der Waals surface area contributed by atoms with Gasteiger partial charge < -0.3 is 10.8 Å². The Kier molecular flexibility index (Phi) is 3.88. The lowest BCUT2D eigenvalue weighted by atomic mass is 10.2. The third-order valence-corrected chi connectivity index (χ3v) is 2.13. The van der Waals surface area contributed by atoms with Crippen LogP contribution in [0, 0.1) is 0 Å². The lowest BCUT2D eigenvalue weighted by Gasteiger charge is -2.07. The number of rotatable bonds is 3. The first kappa shape index (κ1) is 11.8. The van der Waals surface area contributed by atoms with E-state index in [1.807, 2.05) is 0 Å². The molecule has 0 aliphatic heterocycles. The zero-order chi connectivity index (χ0) is 11.4. The molecule has 0 aromatic heterocycles. The van der Waals surface area contributed by atoms with Gasteiger partial charge in [-0.25, -0.2) is 4.99 Å². The van der Waals surface area contributed by atoms with E-state index in [0.29, 0.717) is 16.3 Å². The lowest BCUT2D eigenvalue weighted by Crippen LogP contribution is -2.21. The maximum atomic E-state index is 9.24. The first-order valence-electron chi connectivity index (χ1n) is 4.47. The molecule has 0 spiro atoms. The summed E-state index contributed by atoms with van der Waals surface area (Å²) in [6, 6.07) is 6.98. The molecule has 3 nitrogen and oxygen atoms in total. The molecule has 0 radical (unpaired) electrons. The van der Waals surface area contributed by atoms with Gasteiger partial charge in [0.05, 0.1) is 11.8 Å². The van der Waals surface area contributed by atoms with E-state index >= 15 is 0 Å².